The van der Waals surface area contributed by atoms with Gasteiger partial charge in [-0.25, -0.2) is 9.78 Å². The van der Waals surface area contributed by atoms with Crippen molar-refractivity contribution < 1.29 is 27.9 Å². The van der Waals surface area contributed by atoms with Gasteiger partial charge in [0.25, 0.3) is 5.91 Å². The van der Waals surface area contributed by atoms with Crippen LogP contribution >= 0.6 is 0 Å². The number of rotatable bonds is 3. The maximum atomic E-state index is 13.0. The number of carbonyl (C=O) groups is 2. The number of imidazole rings is 1. The first-order chi connectivity index (χ1) is 17.2. The van der Waals surface area contributed by atoms with Crippen LogP contribution in [0.15, 0.2) is 24.3 Å². The molecule has 2 aliphatic rings. The number of nitrogens with zero attached hydrogens (tertiary/aromatic N) is 2. The van der Waals surface area contributed by atoms with Crippen molar-refractivity contribution in [3.8, 4) is 0 Å². The fourth-order valence-electron chi connectivity index (χ4n) is 5.01. The highest BCUT2D eigenvalue weighted by Gasteiger charge is 2.38. The van der Waals surface area contributed by atoms with E-state index in [0.29, 0.717) is 11.6 Å². The maximum absolute atomic E-state index is 13.0. The van der Waals surface area contributed by atoms with E-state index in [1.165, 1.54) is 25.0 Å². The largest absolute Gasteiger partial charge is 0.490 e. The van der Waals surface area contributed by atoms with Gasteiger partial charge >= 0.3 is 12.1 Å². The van der Waals surface area contributed by atoms with Crippen molar-refractivity contribution in [3.05, 3.63) is 47.0 Å². The predicted octanol–water partition coefficient (Wildman–Crippen LogP) is 5.03. The Hall–Kier alpha value is -3.37. The molecule has 2 heterocycles. The number of hydrogen-bond donors (Lipinski definition) is 4. The molecule has 0 saturated heterocycles. The smallest absolute Gasteiger partial charge is 0.475 e. The monoisotopic (exact) mass is 505 g/mol. The molecule has 1 aromatic carbocycles. The van der Waals surface area contributed by atoms with Crippen LogP contribution in [-0.4, -0.2) is 49.4 Å². The number of aliphatic carboxylic acids is 1. The quantitative estimate of drug-likeness (QED) is 0.397. The Kier molecular flexibility index (Phi) is 7.95. The first-order valence-electron chi connectivity index (χ1n) is 12.3. The van der Waals surface area contributed by atoms with Gasteiger partial charge in [0.2, 0.25) is 0 Å². The molecule has 2 aliphatic carbocycles. The molecule has 0 unspecified atom stereocenters. The van der Waals surface area contributed by atoms with Crippen LogP contribution in [0.4, 0.5) is 13.2 Å². The van der Waals surface area contributed by atoms with Crippen LogP contribution in [0.2, 0.25) is 0 Å². The van der Waals surface area contributed by atoms with Gasteiger partial charge in [0, 0.05) is 23.2 Å². The van der Waals surface area contributed by atoms with E-state index in [-0.39, 0.29) is 11.9 Å². The molecule has 0 spiro atoms. The second-order valence-electron chi connectivity index (χ2n) is 9.42. The lowest BCUT2D eigenvalue weighted by Crippen LogP contribution is -2.38. The molecule has 2 aromatic heterocycles. The van der Waals surface area contributed by atoms with Crippen molar-refractivity contribution >= 4 is 22.9 Å². The Morgan fingerprint density at radius 2 is 1.75 bits per heavy atom. The number of aryl methyl sites for hydroxylation is 1. The number of carbonyl (C=O) groups excluding carboxylic acids is 1. The highest BCUT2D eigenvalue weighted by Crippen LogP contribution is 2.33. The van der Waals surface area contributed by atoms with Gasteiger partial charge in [-0.05, 0) is 57.1 Å². The molecule has 194 valence electrons. The first kappa shape index (κ1) is 25.7. The van der Waals surface area contributed by atoms with E-state index < -0.39 is 12.1 Å². The zero-order valence-electron chi connectivity index (χ0n) is 19.8. The number of aromatic amines is 2. The lowest BCUT2D eigenvalue weighted by atomic mass is 9.85. The van der Waals surface area contributed by atoms with Crippen molar-refractivity contribution in [3.63, 3.8) is 0 Å². The van der Waals surface area contributed by atoms with Crippen LogP contribution in [0.3, 0.4) is 0 Å². The van der Waals surface area contributed by atoms with Crippen LogP contribution in [0, 0.1) is 0 Å². The average molecular weight is 506 g/mol. The minimum absolute atomic E-state index is 0.0154. The Labute approximate surface area is 206 Å². The van der Waals surface area contributed by atoms with E-state index in [9.17, 15) is 18.0 Å². The summed E-state index contributed by atoms with van der Waals surface area (Å²) in [5.74, 6) is -1.36. The number of benzene rings is 1. The van der Waals surface area contributed by atoms with Crippen LogP contribution in [0.25, 0.3) is 11.0 Å². The molecular formula is C25H30F3N5O3. The number of carboxylic acid groups (broad SMARTS) is 1. The third kappa shape index (κ3) is 6.24. The van der Waals surface area contributed by atoms with Crippen LogP contribution in [0.1, 0.15) is 84.9 Å². The summed E-state index contributed by atoms with van der Waals surface area (Å²) in [6.45, 7) is 0. The SMILES string of the molecule is O=C(N[C@@H]1CCC[C@H](c2nc3ccccc3[nH]2)C1)c1n[nH]c2c1CCCCCC2.O=C(O)C(F)(F)F. The van der Waals surface area contributed by atoms with Gasteiger partial charge in [-0.2, -0.15) is 18.3 Å². The zero-order chi connectivity index (χ0) is 25.7. The summed E-state index contributed by atoms with van der Waals surface area (Å²) in [6, 6.07) is 8.34. The van der Waals surface area contributed by atoms with E-state index >= 15 is 0 Å². The summed E-state index contributed by atoms with van der Waals surface area (Å²) in [7, 11) is 0. The first-order valence-corrected chi connectivity index (χ1v) is 12.3. The fraction of sp³-hybridized carbons (Fsp3) is 0.520. The standard InChI is InChI=1S/C23H29N5O.C2HF3O2/c29-23(21-17-10-3-1-2-4-11-18(17)27-28-21)24-16-9-7-8-15(14-16)22-25-19-12-5-6-13-20(19)26-22;3-2(4,5)1(6)7/h5-6,12-13,15-16H,1-4,7-11,14H2,(H,24,29)(H,25,26)(H,27,28);(H,6,7)/t15-,16+;/m0./s1. The van der Waals surface area contributed by atoms with Gasteiger partial charge in [-0.1, -0.05) is 31.4 Å². The molecule has 1 saturated carbocycles. The van der Waals surface area contributed by atoms with E-state index in [0.717, 1.165) is 67.4 Å². The fourth-order valence-corrected chi connectivity index (χ4v) is 5.01. The maximum Gasteiger partial charge on any atom is 0.490 e. The zero-order valence-corrected chi connectivity index (χ0v) is 19.8. The van der Waals surface area contributed by atoms with Crippen LogP contribution in [-0.2, 0) is 17.6 Å². The van der Waals surface area contributed by atoms with Crippen molar-refractivity contribution in [2.75, 3.05) is 0 Å². The van der Waals surface area contributed by atoms with Gasteiger partial charge < -0.3 is 15.4 Å². The summed E-state index contributed by atoms with van der Waals surface area (Å²) in [4.78, 5) is 30.2. The number of aromatic nitrogens is 4. The molecule has 4 N–H and O–H groups in total. The number of H-pyrrole nitrogens is 2. The number of halogens is 3. The van der Waals surface area contributed by atoms with Gasteiger partial charge in [-0.3, -0.25) is 9.89 Å². The summed E-state index contributed by atoms with van der Waals surface area (Å²) in [6.07, 6.45) is 5.89. The van der Waals surface area contributed by atoms with E-state index in [4.69, 9.17) is 14.9 Å². The second kappa shape index (κ2) is 11.1. The molecule has 1 fully saturated rings. The Bertz CT molecular complexity index is 1170. The molecule has 36 heavy (non-hydrogen) atoms. The Balaban J connectivity index is 0.000000384. The molecule has 0 radical (unpaired) electrons. The Morgan fingerprint density at radius 3 is 2.47 bits per heavy atom. The summed E-state index contributed by atoms with van der Waals surface area (Å²) in [5.41, 5.74) is 5.03. The molecule has 2 atom stereocenters. The van der Waals surface area contributed by atoms with Gasteiger partial charge in [0.05, 0.1) is 11.0 Å². The van der Waals surface area contributed by atoms with Crippen LogP contribution in [0.5, 0.6) is 0 Å². The third-order valence-corrected chi connectivity index (χ3v) is 6.82. The molecule has 5 rings (SSSR count). The van der Waals surface area contributed by atoms with Gasteiger partial charge in [-0.15, -0.1) is 0 Å². The van der Waals surface area contributed by atoms with E-state index in [1.807, 2.05) is 18.2 Å². The highest BCUT2D eigenvalue weighted by atomic mass is 19.4. The minimum atomic E-state index is -5.08. The van der Waals surface area contributed by atoms with Gasteiger partial charge in [0.1, 0.15) is 5.82 Å². The predicted molar refractivity (Wildman–Crippen MR) is 127 cm³/mol. The molecule has 0 bridgehead atoms. The third-order valence-electron chi connectivity index (χ3n) is 6.82. The number of nitrogens with one attached hydrogen (secondary N) is 3. The average Bonchev–Trinajstić information content (AvgIpc) is 3.43. The van der Waals surface area contributed by atoms with E-state index in [2.05, 4.69) is 26.6 Å². The topological polar surface area (TPSA) is 124 Å². The van der Waals surface area contributed by atoms with Crippen molar-refractivity contribution in [2.45, 2.75) is 82.3 Å². The number of carboxylic acids is 1. The van der Waals surface area contributed by atoms with Crippen LogP contribution < -0.4 is 5.32 Å². The van der Waals surface area contributed by atoms with E-state index in [1.54, 1.807) is 0 Å². The minimum Gasteiger partial charge on any atom is -0.475 e. The summed E-state index contributed by atoms with van der Waals surface area (Å²) >= 11 is 0. The number of fused-ring (bicyclic) bond motifs is 2. The second-order valence-corrected chi connectivity index (χ2v) is 9.42. The van der Waals surface area contributed by atoms with Gasteiger partial charge in [0.15, 0.2) is 5.69 Å². The summed E-state index contributed by atoms with van der Waals surface area (Å²) in [5, 5.41) is 17.9. The van der Waals surface area contributed by atoms with Crippen molar-refractivity contribution in [1.82, 2.24) is 25.5 Å². The highest BCUT2D eigenvalue weighted by molar-refractivity contribution is 5.94. The number of hydrogen-bond acceptors (Lipinski definition) is 4. The molecule has 8 nitrogen and oxygen atoms in total. The summed E-state index contributed by atoms with van der Waals surface area (Å²) < 4.78 is 31.7. The molecule has 1 amide bonds. The number of para-hydroxylation sites is 2. The molecule has 11 heteroatoms. The van der Waals surface area contributed by atoms with Crippen molar-refractivity contribution in [2.24, 2.45) is 0 Å². The van der Waals surface area contributed by atoms with Crippen molar-refractivity contribution in [1.29, 1.82) is 0 Å². The lowest BCUT2D eigenvalue weighted by Gasteiger charge is -2.28. The number of alkyl halides is 3. The molecular weight excluding hydrogens is 475 g/mol. The lowest BCUT2D eigenvalue weighted by molar-refractivity contribution is -0.192. The molecule has 3 aromatic rings. The molecule has 0 aliphatic heterocycles. The Morgan fingerprint density at radius 1 is 1.03 bits per heavy atom. The normalized spacial score (nSPS) is 20.4. The number of amides is 1.